The molecule has 0 fully saturated rings. The van der Waals surface area contributed by atoms with Gasteiger partial charge in [0.05, 0.1) is 17.0 Å². The molecule has 1 atom stereocenters. The van der Waals surface area contributed by atoms with E-state index in [4.69, 9.17) is 0 Å². The van der Waals surface area contributed by atoms with E-state index in [9.17, 15) is 14.4 Å². The summed E-state index contributed by atoms with van der Waals surface area (Å²) in [7, 11) is 2.96. The molecule has 2 heterocycles. The molecule has 7 nitrogen and oxygen atoms in total. The van der Waals surface area contributed by atoms with Gasteiger partial charge < -0.3 is 5.32 Å². The molecule has 0 bridgehead atoms. The molecule has 2 aromatic carbocycles. The van der Waals surface area contributed by atoms with Gasteiger partial charge in [0.1, 0.15) is 5.65 Å². The molecule has 0 saturated heterocycles. The van der Waals surface area contributed by atoms with Crippen LogP contribution in [0.5, 0.6) is 0 Å². The van der Waals surface area contributed by atoms with Crippen LogP contribution >= 0.6 is 0 Å². The molecular weight excluding hydrogens is 416 g/mol. The van der Waals surface area contributed by atoms with Crippen LogP contribution in [0.1, 0.15) is 40.4 Å². The molecule has 0 aliphatic carbocycles. The number of rotatable bonds is 7. The summed E-state index contributed by atoms with van der Waals surface area (Å²) in [6.45, 7) is 0. The second-order valence-electron chi connectivity index (χ2n) is 8.12. The van der Waals surface area contributed by atoms with Gasteiger partial charge in [-0.2, -0.15) is 0 Å². The molecule has 168 valence electrons. The van der Waals surface area contributed by atoms with Crippen LogP contribution in [0.15, 0.2) is 82.5 Å². The van der Waals surface area contributed by atoms with Crippen LogP contribution in [0, 0.1) is 0 Å². The number of hydrogen-bond acceptors (Lipinski definition) is 4. The summed E-state index contributed by atoms with van der Waals surface area (Å²) in [4.78, 5) is 42.1. The lowest BCUT2D eigenvalue weighted by molar-refractivity contribution is 0.0934. The maximum atomic E-state index is 13.1. The maximum absolute atomic E-state index is 13.1. The molecule has 1 N–H and O–H groups in total. The minimum atomic E-state index is -0.474. The molecule has 1 unspecified atom stereocenters. The largest absolute Gasteiger partial charge is 0.345 e. The molecule has 0 aliphatic heterocycles. The molecule has 1 amide bonds. The summed E-state index contributed by atoms with van der Waals surface area (Å²) >= 11 is 0. The highest BCUT2D eigenvalue weighted by Crippen LogP contribution is 2.21. The molecule has 4 aromatic rings. The summed E-state index contributed by atoms with van der Waals surface area (Å²) in [5, 5.41) is 3.33. The first kappa shape index (κ1) is 22.2. The second-order valence-corrected chi connectivity index (χ2v) is 8.12. The monoisotopic (exact) mass is 442 g/mol. The number of nitrogens with zero attached hydrogens (tertiary/aromatic N) is 3. The number of carbonyl (C=O) groups excluding carboxylic acids is 1. The first-order chi connectivity index (χ1) is 16.0. The fourth-order valence-corrected chi connectivity index (χ4v) is 3.99. The van der Waals surface area contributed by atoms with Crippen LogP contribution in [-0.4, -0.2) is 20.0 Å². The zero-order valence-corrected chi connectivity index (χ0v) is 18.7. The number of hydrogen-bond donors (Lipinski definition) is 1. The van der Waals surface area contributed by atoms with Gasteiger partial charge in [0, 0.05) is 20.3 Å². The number of benzene rings is 2. The first-order valence-corrected chi connectivity index (χ1v) is 10.9. The summed E-state index contributed by atoms with van der Waals surface area (Å²) in [6, 6.07) is 21.4. The van der Waals surface area contributed by atoms with E-state index < -0.39 is 11.2 Å². The Labute approximate surface area is 191 Å². The second kappa shape index (κ2) is 9.65. The standard InChI is InChI=1S/C26H26N4O3/c1-29-23-21(25(32)30(2)26(29)33)16-20(17-27-23)24(31)28-22(19-13-7-4-8-14-19)15-9-12-18-10-5-3-6-11-18/h3-8,10-11,13-14,16-17,22H,9,12,15H2,1-2H3,(H,28,31). The van der Waals surface area contributed by atoms with Crippen molar-refractivity contribution in [2.75, 3.05) is 0 Å². The molecule has 0 radical (unpaired) electrons. The lowest BCUT2D eigenvalue weighted by atomic mass is 9.98. The first-order valence-electron chi connectivity index (χ1n) is 10.9. The van der Waals surface area contributed by atoms with E-state index in [0.29, 0.717) is 0 Å². The van der Waals surface area contributed by atoms with Crippen molar-refractivity contribution >= 4 is 16.9 Å². The summed E-state index contributed by atoms with van der Waals surface area (Å²) < 4.78 is 2.32. The highest BCUT2D eigenvalue weighted by molar-refractivity contribution is 5.96. The Morgan fingerprint density at radius 3 is 2.33 bits per heavy atom. The molecule has 0 saturated carbocycles. The number of nitrogens with one attached hydrogen (secondary N) is 1. The number of aromatic nitrogens is 3. The van der Waals surface area contributed by atoms with Crippen molar-refractivity contribution in [1.82, 2.24) is 19.4 Å². The van der Waals surface area contributed by atoms with Gasteiger partial charge in [-0.3, -0.25) is 18.7 Å². The van der Waals surface area contributed by atoms with Crippen molar-refractivity contribution in [3.05, 3.63) is 110 Å². The van der Waals surface area contributed by atoms with Gasteiger partial charge in [-0.1, -0.05) is 60.7 Å². The predicted octanol–water partition coefficient (Wildman–Crippen LogP) is 3.13. The highest BCUT2D eigenvalue weighted by Gasteiger charge is 2.18. The average Bonchev–Trinajstić information content (AvgIpc) is 2.86. The number of amides is 1. The van der Waals surface area contributed by atoms with Gasteiger partial charge in [-0.15, -0.1) is 0 Å². The SMILES string of the molecule is Cn1c(=O)c2cc(C(=O)NC(CCCc3ccccc3)c3ccccc3)cnc2n(C)c1=O. The van der Waals surface area contributed by atoms with Gasteiger partial charge >= 0.3 is 5.69 Å². The average molecular weight is 443 g/mol. The Morgan fingerprint density at radius 2 is 1.64 bits per heavy atom. The van der Waals surface area contributed by atoms with Crippen molar-refractivity contribution in [3.8, 4) is 0 Å². The fraction of sp³-hybridized carbons (Fsp3) is 0.231. The van der Waals surface area contributed by atoms with Crippen molar-refractivity contribution in [2.24, 2.45) is 14.1 Å². The minimum Gasteiger partial charge on any atom is -0.345 e. The Morgan fingerprint density at radius 1 is 0.970 bits per heavy atom. The molecule has 2 aromatic heterocycles. The molecule has 4 rings (SSSR count). The number of carbonyl (C=O) groups is 1. The van der Waals surface area contributed by atoms with Gasteiger partial charge in [0.25, 0.3) is 11.5 Å². The van der Waals surface area contributed by atoms with Gasteiger partial charge in [-0.25, -0.2) is 9.78 Å². The third-order valence-corrected chi connectivity index (χ3v) is 5.86. The van der Waals surface area contributed by atoms with Gasteiger partial charge in [0.2, 0.25) is 0 Å². The molecular formula is C26H26N4O3. The Bertz CT molecular complexity index is 1390. The van der Waals surface area contributed by atoms with Crippen LogP contribution in [-0.2, 0) is 20.5 Å². The Kier molecular flexibility index (Phi) is 6.49. The van der Waals surface area contributed by atoms with E-state index in [1.54, 1.807) is 7.05 Å². The van der Waals surface area contributed by atoms with Crippen LogP contribution in [0.4, 0.5) is 0 Å². The van der Waals surface area contributed by atoms with Crippen LogP contribution < -0.4 is 16.6 Å². The van der Waals surface area contributed by atoms with Gasteiger partial charge in [0.15, 0.2) is 0 Å². The van der Waals surface area contributed by atoms with Crippen molar-refractivity contribution < 1.29 is 4.79 Å². The summed E-state index contributed by atoms with van der Waals surface area (Å²) in [5.74, 6) is -0.311. The van der Waals surface area contributed by atoms with Crippen molar-refractivity contribution in [2.45, 2.75) is 25.3 Å². The zero-order valence-electron chi connectivity index (χ0n) is 18.7. The van der Waals surface area contributed by atoms with Crippen LogP contribution in [0.2, 0.25) is 0 Å². The quantitative estimate of drug-likeness (QED) is 0.477. The van der Waals surface area contributed by atoms with Crippen molar-refractivity contribution in [3.63, 3.8) is 0 Å². The van der Waals surface area contributed by atoms with E-state index in [0.717, 1.165) is 29.4 Å². The molecule has 0 aliphatic rings. The van der Waals surface area contributed by atoms with E-state index in [1.807, 2.05) is 48.5 Å². The summed E-state index contributed by atoms with van der Waals surface area (Å²) in [5.41, 5.74) is 1.88. The van der Waals surface area contributed by atoms with E-state index in [-0.39, 0.29) is 28.5 Å². The number of pyridine rings is 1. The topological polar surface area (TPSA) is 86.0 Å². The molecule has 0 spiro atoms. The Hall–Kier alpha value is -4.00. The summed E-state index contributed by atoms with van der Waals surface area (Å²) in [6.07, 6.45) is 3.99. The lowest BCUT2D eigenvalue weighted by Crippen LogP contribution is -2.37. The normalized spacial score (nSPS) is 11.9. The lowest BCUT2D eigenvalue weighted by Gasteiger charge is -2.19. The number of aryl methyl sites for hydroxylation is 2. The van der Waals surface area contributed by atoms with Gasteiger partial charge in [-0.05, 0) is 36.5 Å². The smallest absolute Gasteiger partial charge is 0.332 e. The fourth-order valence-electron chi connectivity index (χ4n) is 3.99. The van der Waals surface area contributed by atoms with Crippen molar-refractivity contribution in [1.29, 1.82) is 0 Å². The van der Waals surface area contributed by atoms with Crippen LogP contribution in [0.3, 0.4) is 0 Å². The Balaban J connectivity index is 1.58. The predicted molar refractivity (Wildman–Crippen MR) is 128 cm³/mol. The van der Waals surface area contributed by atoms with Crippen LogP contribution in [0.25, 0.3) is 11.0 Å². The zero-order chi connectivity index (χ0) is 23.4. The highest BCUT2D eigenvalue weighted by atomic mass is 16.2. The minimum absolute atomic E-state index is 0.180. The number of fused-ring (bicyclic) bond motifs is 1. The van der Waals surface area contributed by atoms with E-state index in [2.05, 4.69) is 22.4 Å². The van der Waals surface area contributed by atoms with E-state index >= 15 is 0 Å². The third-order valence-electron chi connectivity index (χ3n) is 5.86. The molecule has 7 heteroatoms. The molecule has 33 heavy (non-hydrogen) atoms. The third kappa shape index (κ3) is 4.77. The maximum Gasteiger partial charge on any atom is 0.332 e. The van der Waals surface area contributed by atoms with E-state index in [1.165, 1.54) is 29.4 Å².